The molecule has 0 radical (unpaired) electrons. The van der Waals surface area contributed by atoms with Crippen molar-refractivity contribution in [1.29, 1.82) is 0 Å². The first-order valence-electron chi connectivity index (χ1n) is 7.86. The highest BCUT2D eigenvalue weighted by atomic mass is 32.1. The molecular weight excluding hydrogens is 375 g/mol. The molecule has 2 aromatic rings. The number of halogens is 3. The lowest BCUT2D eigenvalue weighted by atomic mass is 10.1. The van der Waals surface area contributed by atoms with Gasteiger partial charge >= 0.3 is 6.18 Å². The van der Waals surface area contributed by atoms with Crippen LogP contribution in [0.3, 0.4) is 0 Å². The summed E-state index contributed by atoms with van der Waals surface area (Å²) in [5, 5.41) is 1.79. The van der Waals surface area contributed by atoms with Crippen LogP contribution in [0, 0.1) is 10.7 Å². The molecule has 0 amide bonds. The number of alkyl halides is 3. The van der Waals surface area contributed by atoms with Crippen LogP contribution in [0.4, 0.5) is 13.2 Å². The molecule has 8 heteroatoms. The third-order valence-electron chi connectivity index (χ3n) is 4.19. The number of rotatable bonds is 2. The Bertz CT molecular complexity index is 1340. The maximum absolute atomic E-state index is 13.8. The Kier molecular flexibility index (Phi) is 4.00. The molecule has 0 saturated carbocycles. The van der Waals surface area contributed by atoms with Gasteiger partial charge in [0, 0.05) is 33.4 Å². The molecule has 0 saturated heterocycles. The van der Waals surface area contributed by atoms with Gasteiger partial charge in [0.2, 0.25) is 0 Å². The number of nitrogens with one attached hydrogen (secondary N) is 2. The second-order valence-electron chi connectivity index (χ2n) is 5.87. The molecule has 0 fully saturated rings. The number of aromatic nitrogens is 3. The minimum atomic E-state index is -4.68. The van der Waals surface area contributed by atoms with Crippen molar-refractivity contribution in [3.63, 3.8) is 0 Å². The van der Waals surface area contributed by atoms with Gasteiger partial charge in [0.1, 0.15) is 5.48 Å². The quantitative estimate of drug-likeness (QED) is 0.556. The summed E-state index contributed by atoms with van der Waals surface area (Å²) in [5.41, 5.74) is -0.209. The van der Waals surface area contributed by atoms with E-state index in [1.54, 1.807) is 36.0 Å². The van der Waals surface area contributed by atoms with Crippen LogP contribution in [0.25, 0.3) is 23.3 Å². The van der Waals surface area contributed by atoms with Gasteiger partial charge in [0.05, 0.1) is 10.8 Å². The first-order chi connectivity index (χ1) is 12.9. The highest BCUT2D eigenvalue weighted by Gasteiger charge is 2.37. The number of pyridine rings is 1. The topological polar surface area (TPSA) is 61.5 Å². The lowest BCUT2D eigenvalue weighted by Crippen LogP contribution is -2.31. The van der Waals surface area contributed by atoms with Crippen LogP contribution >= 0.6 is 11.3 Å². The fourth-order valence-electron chi connectivity index (χ4n) is 3.05. The van der Waals surface area contributed by atoms with Crippen molar-refractivity contribution in [3.05, 3.63) is 84.6 Å². The Morgan fingerprint density at radius 3 is 2.52 bits per heavy atom. The van der Waals surface area contributed by atoms with E-state index in [4.69, 9.17) is 0 Å². The molecule has 0 spiro atoms. The highest BCUT2D eigenvalue weighted by molar-refractivity contribution is 7.11. The molecule has 2 aliphatic heterocycles. The van der Waals surface area contributed by atoms with Crippen LogP contribution in [0.2, 0.25) is 0 Å². The predicted octanol–water partition coefficient (Wildman–Crippen LogP) is 2.72. The summed E-state index contributed by atoms with van der Waals surface area (Å²) in [6.07, 6.45) is -1.52. The van der Waals surface area contributed by atoms with E-state index in [2.05, 4.69) is 21.5 Å². The van der Waals surface area contributed by atoms with Crippen molar-refractivity contribution in [1.82, 2.24) is 15.0 Å². The van der Waals surface area contributed by atoms with E-state index in [-0.39, 0.29) is 15.6 Å². The first-order valence-corrected chi connectivity index (χ1v) is 8.74. The first kappa shape index (κ1) is 17.3. The Hall–Kier alpha value is -3.13. The number of H-pyrrole nitrogens is 2. The minimum absolute atomic E-state index is 0.00957. The summed E-state index contributed by atoms with van der Waals surface area (Å²) in [5.74, 6) is 0. The number of nitrogens with zero attached hydrogens (tertiary/aromatic N) is 1. The minimum Gasteiger partial charge on any atom is -0.341 e. The Labute approximate surface area is 154 Å². The average Bonchev–Trinajstić information content (AvgIpc) is 3.23. The second-order valence-corrected chi connectivity index (χ2v) is 6.81. The standard InChI is InChI=1S/C19H12F3N3OS/c1-10-12(11-4-6-23-7-5-11)9-13-15(18(26)25-17(13)24-10)16(19(20,21)22)14-3-2-8-27-14/h2-9,24H,1H2,(H,25,26). The van der Waals surface area contributed by atoms with E-state index in [0.717, 1.165) is 16.9 Å². The molecule has 2 aliphatic rings. The summed E-state index contributed by atoms with van der Waals surface area (Å²) in [6, 6.07) is 7.88. The van der Waals surface area contributed by atoms with E-state index in [1.807, 2.05) is 0 Å². The zero-order chi connectivity index (χ0) is 19.2. The fraction of sp³-hybridized carbons (Fsp3) is 0.0526. The van der Waals surface area contributed by atoms with Crippen molar-refractivity contribution in [2.75, 3.05) is 0 Å². The smallest absolute Gasteiger partial charge is 0.341 e. The summed E-state index contributed by atoms with van der Waals surface area (Å²) < 4.78 is 41.5. The zero-order valence-electron chi connectivity index (χ0n) is 13.7. The lowest BCUT2D eigenvalue weighted by Gasteiger charge is -2.09. The van der Waals surface area contributed by atoms with E-state index in [1.165, 1.54) is 12.1 Å². The molecule has 27 heavy (non-hydrogen) atoms. The molecule has 0 bridgehead atoms. The van der Waals surface area contributed by atoms with Crippen LogP contribution in [0.5, 0.6) is 0 Å². The van der Waals surface area contributed by atoms with Crippen molar-refractivity contribution in [3.8, 4) is 11.1 Å². The normalized spacial score (nSPS) is 13.1. The van der Waals surface area contributed by atoms with E-state index in [0.29, 0.717) is 10.9 Å². The molecule has 0 aromatic carbocycles. The summed E-state index contributed by atoms with van der Waals surface area (Å²) in [7, 11) is 0. The molecule has 0 aliphatic carbocycles. The van der Waals surface area contributed by atoms with Crippen molar-refractivity contribution in [2.24, 2.45) is 0 Å². The zero-order valence-corrected chi connectivity index (χ0v) is 14.5. The van der Waals surface area contributed by atoms with Crippen LogP contribution in [0.1, 0.15) is 4.88 Å². The SMILES string of the molecule is C=c1[nH]c2[nH]c(=O)c(=C(c3cccs3)C(F)(F)F)c=2cc1-c1ccncc1. The Balaban J connectivity index is 2.20. The molecule has 2 aromatic heterocycles. The van der Waals surface area contributed by atoms with E-state index in [9.17, 15) is 18.0 Å². The van der Waals surface area contributed by atoms with Crippen molar-refractivity contribution >= 4 is 23.5 Å². The number of thiophene rings is 1. The molecule has 4 heterocycles. The summed E-state index contributed by atoms with van der Waals surface area (Å²) >= 11 is 0.936. The maximum atomic E-state index is 13.8. The van der Waals surface area contributed by atoms with Crippen molar-refractivity contribution < 1.29 is 13.2 Å². The van der Waals surface area contributed by atoms with Crippen LogP contribution in [-0.2, 0) is 0 Å². The molecule has 0 unspecified atom stereocenters. The summed E-state index contributed by atoms with van der Waals surface area (Å²) in [6.45, 7) is 3.90. The van der Waals surface area contributed by atoms with E-state index < -0.39 is 22.5 Å². The molecule has 136 valence electrons. The number of aromatic amines is 2. The van der Waals surface area contributed by atoms with Gasteiger partial charge in [-0.3, -0.25) is 9.78 Å². The van der Waals surface area contributed by atoms with Gasteiger partial charge in [-0.2, -0.15) is 13.2 Å². The fourth-order valence-corrected chi connectivity index (χ4v) is 3.84. The van der Waals surface area contributed by atoms with Gasteiger partial charge in [-0.1, -0.05) is 12.6 Å². The number of hydrogen-bond acceptors (Lipinski definition) is 3. The Morgan fingerprint density at radius 2 is 1.89 bits per heavy atom. The van der Waals surface area contributed by atoms with Gasteiger partial charge in [-0.05, 0) is 35.2 Å². The molecule has 0 atom stereocenters. The van der Waals surface area contributed by atoms with Crippen LogP contribution < -0.4 is 16.1 Å². The Morgan fingerprint density at radius 1 is 1.15 bits per heavy atom. The predicted molar refractivity (Wildman–Crippen MR) is 97.6 cm³/mol. The van der Waals surface area contributed by atoms with Gasteiger partial charge in [-0.25, -0.2) is 0 Å². The highest BCUT2D eigenvalue weighted by Crippen LogP contribution is 2.33. The lowest BCUT2D eigenvalue weighted by molar-refractivity contribution is -0.0693. The third kappa shape index (κ3) is 2.97. The van der Waals surface area contributed by atoms with Gasteiger partial charge in [-0.15, -0.1) is 11.3 Å². The molecular formula is C19H12F3N3OS. The second kappa shape index (κ2) is 6.24. The summed E-state index contributed by atoms with van der Waals surface area (Å²) in [4.78, 5) is 21.8. The third-order valence-corrected chi connectivity index (χ3v) is 5.07. The van der Waals surface area contributed by atoms with Crippen LogP contribution in [0.15, 0.2) is 52.9 Å². The van der Waals surface area contributed by atoms with Gasteiger partial charge in [0.15, 0.2) is 0 Å². The molecule has 4 rings (SSSR count). The van der Waals surface area contributed by atoms with Crippen molar-refractivity contribution in [2.45, 2.75) is 6.18 Å². The van der Waals surface area contributed by atoms with Gasteiger partial charge in [0.25, 0.3) is 5.56 Å². The monoisotopic (exact) mass is 387 g/mol. The maximum Gasteiger partial charge on any atom is 0.418 e. The van der Waals surface area contributed by atoms with Gasteiger partial charge < -0.3 is 9.97 Å². The van der Waals surface area contributed by atoms with Crippen LogP contribution in [-0.4, -0.2) is 21.1 Å². The largest absolute Gasteiger partial charge is 0.418 e. The van der Waals surface area contributed by atoms with E-state index >= 15 is 0 Å². The average molecular weight is 387 g/mol. The molecule has 4 nitrogen and oxygen atoms in total. The number of hydrogen-bond donors (Lipinski definition) is 2. The molecule has 2 N–H and O–H groups in total.